The molecule has 0 radical (unpaired) electrons. The van der Waals surface area contributed by atoms with Crippen molar-refractivity contribution in [2.45, 2.75) is 39.7 Å². The van der Waals surface area contributed by atoms with E-state index in [-0.39, 0.29) is 11.9 Å². The minimum absolute atomic E-state index is 0.0320. The standard InChI is InChI=1S/C19H29N3O/c1-14-12-15(2)17-6-5-7-22(18(17)13-14)19(23)16(3)21-10-8-20(4)9-11-21/h12-13,16H,5-11H2,1-4H3. The van der Waals surface area contributed by atoms with Crippen LogP contribution in [0, 0.1) is 13.8 Å². The molecule has 1 atom stereocenters. The third-order valence-corrected chi connectivity index (χ3v) is 5.40. The predicted octanol–water partition coefficient (Wildman–Crippen LogP) is 2.22. The first-order chi connectivity index (χ1) is 11.0. The Kier molecular flexibility index (Phi) is 4.74. The van der Waals surface area contributed by atoms with E-state index in [4.69, 9.17) is 0 Å². The molecule has 2 aliphatic heterocycles. The number of benzene rings is 1. The summed E-state index contributed by atoms with van der Waals surface area (Å²) in [6, 6.07) is 4.39. The molecule has 0 saturated carbocycles. The molecule has 0 bridgehead atoms. The van der Waals surface area contributed by atoms with E-state index in [2.05, 4.69) is 49.8 Å². The van der Waals surface area contributed by atoms with Gasteiger partial charge >= 0.3 is 0 Å². The Bertz CT molecular complexity index is 591. The zero-order valence-electron chi connectivity index (χ0n) is 14.9. The molecule has 1 fully saturated rings. The van der Waals surface area contributed by atoms with Gasteiger partial charge < -0.3 is 9.80 Å². The van der Waals surface area contributed by atoms with Gasteiger partial charge in [0.15, 0.2) is 0 Å². The van der Waals surface area contributed by atoms with Crippen LogP contribution in [0.5, 0.6) is 0 Å². The van der Waals surface area contributed by atoms with Crippen molar-refractivity contribution in [3.05, 3.63) is 28.8 Å². The van der Waals surface area contributed by atoms with Gasteiger partial charge in [-0.3, -0.25) is 9.69 Å². The summed E-state index contributed by atoms with van der Waals surface area (Å²) in [5, 5.41) is 0. The fraction of sp³-hybridized carbons (Fsp3) is 0.632. The Labute approximate surface area is 140 Å². The molecule has 1 aromatic rings. The van der Waals surface area contributed by atoms with Gasteiger partial charge in [0.25, 0.3) is 0 Å². The number of hydrogen-bond donors (Lipinski definition) is 0. The molecule has 1 saturated heterocycles. The summed E-state index contributed by atoms with van der Waals surface area (Å²) in [5.41, 5.74) is 5.08. The second-order valence-electron chi connectivity index (χ2n) is 7.19. The van der Waals surface area contributed by atoms with Crippen LogP contribution in [-0.4, -0.2) is 61.5 Å². The number of nitrogens with zero attached hydrogens (tertiary/aromatic N) is 3. The quantitative estimate of drug-likeness (QED) is 0.837. The Morgan fingerprint density at radius 2 is 1.78 bits per heavy atom. The van der Waals surface area contributed by atoms with Crippen LogP contribution < -0.4 is 4.90 Å². The van der Waals surface area contributed by atoms with E-state index in [0.29, 0.717) is 0 Å². The first-order valence-electron chi connectivity index (χ1n) is 8.81. The minimum atomic E-state index is -0.0320. The number of piperazine rings is 1. The number of rotatable bonds is 2. The molecule has 0 N–H and O–H groups in total. The zero-order chi connectivity index (χ0) is 16.6. The first-order valence-corrected chi connectivity index (χ1v) is 8.81. The van der Waals surface area contributed by atoms with E-state index in [1.807, 2.05) is 4.90 Å². The molecule has 0 aliphatic carbocycles. The summed E-state index contributed by atoms with van der Waals surface area (Å²) >= 11 is 0. The molecular weight excluding hydrogens is 286 g/mol. The van der Waals surface area contributed by atoms with E-state index in [1.54, 1.807) is 0 Å². The summed E-state index contributed by atoms with van der Waals surface area (Å²) in [6.07, 6.45) is 2.16. The van der Waals surface area contributed by atoms with Crippen molar-refractivity contribution in [2.75, 3.05) is 44.7 Å². The molecule has 0 spiro atoms. The molecule has 23 heavy (non-hydrogen) atoms. The van der Waals surface area contributed by atoms with E-state index >= 15 is 0 Å². The monoisotopic (exact) mass is 315 g/mol. The van der Waals surface area contributed by atoms with Crippen molar-refractivity contribution < 1.29 is 4.79 Å². The maximum absolute atomic E-state index is 13.1. The van der Waals surface area contributed by atoms with Crippen LogP contribution in [0.25, 0.3) is 0 Å². The normalized spacial score (nSPS) is 21.1. The van der Waals surface area contributed by atoms with Gasteiger partial charge in [0.2, 0.25) is 5.91 Å². The lowest BCUT2D eigenvalue weighted by Crippen LogP contribution is -2.54. The van der Waals surface area contributed by atoms with E-state index < -0.39 is 0 Å². The van der Waals surface area contributed by atoms with E-state index in [1.165, 1.54) is 16.7 Å². The van der Waals surface area contributed by atoms with Crippen LogP contribution in [0.3, 0.4) is 0 Å². The number of aryl methyl sites for hydroxylation is 2. The van der Waals surface area contributed by atoms with Crippen molar-refractivity contribution in [1.29, 1.82) is 0 Å². The zero-order valence-corrected chi connectivity index (χ0v) is 14.9. The highest BCUT2D eigenvalue weighted by Crippen LogP contribution is 2.32. The second-order valence-corrected chi connectivity index (χ2v) is 7.19. The molecule has 1 unspecified atom stereocenters. The number of fused-ring (bicyclic) bond motifs is 1. The predicted molar refractivity (Wildman–Crippen MR) is 95.1 cm³/mol. The van der Waals surface area contributed by atoms with Gasteiger partial charge in [0, 0.05) is 38.4 Å². The fourth-order valence-electron chi connectivity index (χ4n) is 3.90. The van der Waals surface area contributed by atoms with Crippen LogP contribution >= 0.6 is 0 Å². The number of amides is 1. The number of carbonyl (C=O) groups is 1. The van der Waals surface area contributed by atoms with Gasteiger partial charge in [0.05, 0.1) is 6.04 Å². The summed E-state index contributed by atoms with van der Waals surface area (Å²) < 4.78 is 0. The van der Waals surface area contributed by atoms with Gasteiger partial charge in [-0.25, -0.2) is 0 Å². The summed E-state index contributed by atoms with van der Waals surface area (Å²) in [5.74, 6) is 0.264. The Morgan fingerprint density at radius 1 is 1.09 bits per heavy atom. The largest absolute Gasteiger partial charge is 0.311 e. The Morgan fingerprint density at radius 3 is 2.48 bits per heavy atom. The second kappa shape index (κ2) is 6.62. The van der Waals surface area contributed by atoms with Gasteiger partial charge in [-0.15, -0.1) is 0 Å². The average Bonchev–Trinajstić information content (AvgIpc) is 2.53. The smallest absolute Gasteiger partial charge is 0.244 e. The summed E-state index contributed by atoms with van der Waals surface area (Å²) in [6.45, 7) is 11.3. The molecule has 126 valence electrons. The highest BCUT2D eigenvalue weighted by Gasteiger charge is 2.31. The maximum atomic E-state index is 13.1. The van der Waals surface area contributed by atoms with Gasteiger partial charge in [0.1, 0.15) is 0 Å². The molecule has 1 amide bonds. The van der Waals surface area contributed by atoms with Gasteiger partial charge in [-0.05, 0) is 63.4 Å². The highest BCUT2D eigenvalue weighted by molar-refractivity contribution is 5.98. The number of likely N-dealkylation sites (N-methyl/N-ethyl adjacent to an activating group) is 1. The van der Waals surface area contributed by atoms with Crippen LogP contribution in [-0.2, 0) is 11.2 Å². The van der Waals surface area contributed by atoms with Crippen LogP contribution in [0.2, 0.25) is 0 Å². The van der Waals surface area contributed by atoms with Crippen LogP contribution in [0.4, 0.5) is 5.69 Å². The highest BCUT2D eigenvalue weighted by atomic mass is 16.2. The van der Waals surface area contributed by atoms with E-state index in [9.17, 15) is 4.79 Å². The van der Waals surface area contributed by atoms with Crippen molar-refractivity contribution in [3.63, 3.8) is 0 Å². The SMILES string of the molecule is Cc1cc(C)c2c(c1)N(C(=O)C(C)N1CCN(C)CC1)CCC2. The van der Waals surface area contributed by atoms with Crippen LogP contribution in [0.15, 0.2) is 12.1 Å². The fourth-order valence-corrected chi connectivity index (χ4v) is 3.90. The number of hydrogen-bond acceptors (Lipinski definition) is 3. The average molecular weight is 315 g/mol. The molecular formula is C19H29N3O. The van der Waals surface area contributed by atoms with Gasteiger partial charge in [-0.2, -0.15) is 0 Å². The number of anilines is 1. The first kappa shape index (κ1) is 16.5. The molecule has 2 aliphatic rings. The molecule has 1 aromatic carbocycles. The molecule has 2 heterocycles. The molecule has 4 nitrogen and oxygen atoms in total. The van der Waals surface area contributed by atoms with Crippen LogP contribution in [0.1, 0.15) is 30.0 Å². The summed E-state index contributed by atoms with van der Waals surface area (Å²) in [7, 11) is 2.15. The van der Waals surface area contributed by atoms with Crippen molar-refractivity contribution in [2.24, 2.45) is 0 Å². The van der Waals surface area contributed by atoms with E-state index in [0.717, 1.165) is 51.3 Å². The van der Waals surface area contributed by atoms with Crippen molar-refractivity contribution >= 4 is 11.6 Å². The topological polar surface area (TPSA) is 26.8 Å². The minimum Gasteiger partial charge on any atom is -0.311 e. The van der Waals surface area contributed by atoms with Crippen molar-refractivity contribution in [1.82, 2.24) is 9.80 Å². The maximum Gasteiger partial charge on any atom is 0.244 e. The van der Waals surface area contributed by atoms with Crippen molar-refractivity contribution in [3.8, 4) is 0 Å². The lowest BCUT2D eigenvalue weighted by molar-refractivity contribution is -0.124. The molecule has 3 rings (SSSR count). The number of carbonyl (C=O) groups excluding carboxylic acids is 1. The van der Waals surface area contributed by atoms with Gasteiger partial charge in [-0.1, -0.05) is 6.07 Å². The summed E-state index contributed by atoms with van der Waals surface area (Å²) in [4.78, 5) is 19.8. The molecule has 0 aromatic heterocycles. The Balaban J connectivity index is 1.81. The third kappa shape index (κ3) is 3.29. The molecule has 4 heteroatoms. The lowest BCUT2D eigenvalue weighted by atomic mass is 9.94. The Hall–Kier alpha value is -1.39. The lowest BCUT2D eigenvalue weighted by Gasteiger charge is -2.39. The third-order valence-electron chi connectivity index (χ3n) is 5.40.